The summed E-state index contributed by atoms with van der Waals surface area (Å²) in [6.07, 6.45) is 5.87. The number of carbonyl (C=O) groups is 1. The summed E-state index contributed by atoms with van der Waals surface area (Å²) in [7, 11) is -3.26. The minimum Gasteiger partial charge on any atom is -0.481 e. The molecule has 1 aliphatic heterocycles. The molecule has 1 heterocycles. The van der Waals surface area contributed by atoms with Crippen LogP contribution in [0.1, 0.15) is 67.9 Å². The first-order valence-corrected chi connectivity index (χ1v) is 11.2. The van der Waals surface area contributed by atoms with Crippen LogP contribution in [0.4, 0.5) is 0 Å². The molecule has 0 amide bonds. The maximum absolute atomic E-state index is 12.7. The molecule has 5 nitrogen and oxygen atoms in total. The van der Waals surface area contributed by atoms with Crippen LogP contribution in [0.15, 0.2) is 23.1 Å². The second-order valence-electron chi connectivity index (χ2n) is 8.00. The van der Waals surface area contributed by atoms with E-state index in [4.69, 9.17) is 4.74 Å². The summed E-state index contributed by atoms with van der Waals surface area (Å²) in [5.41, 5.74) is 1.60. The summed E-state index contributed by atoms with van der Waals surface area (Å²) < 4.78 is 30.9. The van der Waals surface area contributed by atoms with Crippen LogP contribution in [0.3, 0.4) is 0 Å². The Labute approximate surface area is 154 Å². The van der Waals surface area contributed by atoms with Gasteiger partial charge in [-0.2, -0.15) is 0 Å². The Kier molecular flexibility index (Phi) is 4.82. The van der Waals surface area contributed by atoms with E-state index in [0.717, 1.165) is 49.7 Å². The van der Waals surface area contributed by atoms with Crippen molar-refractivity contribution >= 4 is 15.8 Å². The number of carboxylic acids is 1. The molecule has 0 spiro atoms. The Balaban J connectivity index is 1.64. The third-order valence-electron chi connectivity index (χ3n) is 5.93. The van der Waals surface area contributed by atoms with Gasteiger partial charge >= 0.3 is 5.97 Å². The van der Waals surface area contributed by atoms with Gasteiger partial charge in [0, 0.05) is 13.2 Å². The smallest absolute Gasteiger partial charge is 0.310 e. The molecule has 6 heteroatoms. The van der Waals surface area contributed by atoms with Gasteiger partial charge in [-0.25, -0.2) is 8.42 Å². The normalized spacial score (nSPS) is 22.9. The van der Waals surface area contributed by atoms with E-state index in [1.54, 1.807) is 12.1 Å². The Morgan fingerprint density at radius 2 is 1.81 bits per heavy atom. The summed E-state index contributed by atoms with van der Waals surface area (Å²) in [6.45, 7) is 1.39. The Bertz CT molecular complexity index is 786. The van der Waals surface area contributed by atoms with Gasteiger partial charge in [0.2, 0.25) is 0 Å². The maximum atomic E-state index is 12.7. The molecule has 0 aromatic heterocycles. The fourth-order valence-electron chi connectivity index (χ4n) is 4.01. The Hall–Kier alpha value is -1.40. The fourth-order valence-corrected chi connectivity index (χ4v) is 5.94. The van der Waals surface area contributed by atoms with E-state index in [9.17, 15) is 18.3 Å². The lowest BCUT2D eigenvalue weighted by Crippen LogP contribution is -2.22. The lowest BCUT2D eigenvalue weighted by atomic mass is 9.84. The summed E-state index contributed by atoms with van der Waals surface area (Å²) in [4.78, 5) is 12.4. The van der Waals surface area contributed by atoms with Gasteiger partial charge in [-0.15, -0.1) is 0 Å². The van der Waals surface area contributed by atoms with Crippen LogP contribution in [0.25, 0.3) is 0 Å². The molecule has 1 atom stereocenters. The second-order valence-corrected chi connectivity index (χ2v) is 10.2. The molecular weight excluding hydrogens is 352 g/mol. The van der Waals surface area contributed by atoms with Crippen LogP contribution in [0, 0.1) is 5.92 Å². The summed E-state index contributed by atoms with van der Waals surface area (Å²) in [5.74, 6) is -0.774. The van der Waals surface area contributed by atoms with Gasteiger partial charge in [-0.3, -0.25) is 4.79 Å². The molecule has 1 aromatic rings. The largest absolute Gasteiger partial charge is 0.481 e. The van der Waals surface area contributed by atoms with Crippen LogP contribution >= 0.6 is 0 Å². The van der Waals surface area contributed by atoms with Crippen LogP contribution in [0.5, 0.6) is 0 Å². The highest BCUT2D eigenvalue weighted by Gasteiger charge is 2.40. The number of carboxylic acid groups (broad SMARTS) is 1. The van der Waals surface area contributed by atoms with Gasteiger partial charge in [0.25, 0.3) is 0 Å². The molecule has 0 bridgehead atoms. The first-order chi connectivity index (χ1) is 12.5. The van der Waals surface area contributed by atoms with E-state index >= 15 is 0 Å². The van der Waals surface area contributed by atoms with Gasteiger partial charge in [-0.05, 0) is 74.0 Å². The van der Waals surface area contributed by atoms with Gasteiger partial charge in [-0.1, -0.05) is 12.1 Å². The molecule has 3 aliphatic rings. The van der Waals surface area contributed by atoms with Crippen LogP contribution in [-0.4, -0.2) is 38.0 Å². The SMILES string of the molecule is O=C(O)[C@H](CC1CCOCC1)c1ccc(S(=O)(=O)C2CC2)c(C2CC2)c1. The van der Waals surface area contributed by atoms with Crippen molar-refractivity contribution in [1.82, 2.24) is 0 Å². The predicted molar refractivity (Wildman–Crippen MR) is 97.2 cm³/mol. The highest BCUT2D eigenvalue weighted by Crippen LogP contribution is 2.46. The number of rotatable bonds is 7. The molecule has 26 heavy (non-hydrogen) atoms. The molecule has 3 fully saturated rings. The molecule has 1 aromatic carbocycles. The van der Waals surface area contributed by atoms with Crippen molar-refractivity contribution < 1.29 is 23.1 Å². The van der Waals surface area contributed by atoms with Gasteiger partial charge in [0.05, 0.1) is 16.1 Å². The van der Waals surface area contributed by atoms with Crippen molar-refractivity contribution in [2.45, 2.75) is 66.9 Å². The third kappa shape index (κ3) is 3.67. The number of ether oxygens (including phenoxy) is 1. The maximum Gasteiger partial charge on any atom is 0.310 e. The van der Waals surface area contributed by atoms with Crippen molar-refractivity contribution in [3.8, 4) is 0 Å². The Morgan fingerprint density at radius 1 is 1.12 bits per heavy atom. The van der Waals surface area contributed by atoms with Gasteiger partial charge in [0.15, 0.2) is 9.84 Å². The molecule has 2 aliphatic carbocycles. The van der Waals surface area contributed by atoms with E-state index < -0.39 is 21.7 Å². The highest BCUT2D eigenvalue weighted by atomic mass is 32.2. The molecule has 142 valence electrons. The van der Waals surface area contributed by atoms with Crippen molar-refractivity contribution in [3.63, 3.8) is 0 Å². The summed E-state index contributed by atoms with van der Waals surface area (Å²) in [6, 6.07) is 5.29. The van der Waals surface area contributed by atoms with Gasteiger partial charge < -0.3 is 9.84 Å². The zero-order chi connectivity index (χ0) is 18.3. The first-order valence-electron chi connectivity index (χ1n) is 9.65. The quantitative estimate of drug-likeness (QED) is 0.785. The van der Waals surface area contributed by atoms with E-state index in [1.165, 1.54) is 0 Å². The van der Waals surface area contributed by atoms with Gasteiger partial charge in [0.1, 0.15) is 0 Å². The number of hydrogen-bond donors (Lipinski definition) is 1. The summed E-state index contributed by atoms with van der Waals surface area (Å²) in [5, 5.41) is 9.55. The van der Waals surface area contributed by atoms with Crippen molar-refractivity contribution in [3.05, 3.63) is 29.3 Å². The second kappa shape index (κ2) is 6.97. The zero-order valence-electron chi connectivity index (χ0n) is 14.9. The average Bonchev–Trinajstić information content (AvgIpc) is 3.50. The molecule has 0 radical (unpaired) electrons. The number of aliphatic carboxylic acids is 1. The van der Waals surface area contributed by atoms with Crippen LogP contribution in [-0.2, 0) is 19.4 Å². The first kappa shape index (κ1) is 18.0. The van der Waals surface area contributed by atoms with E-state index in [-0.39, 0.29) is 11.2 Å². The standard InChI is InChI=1S/C20H26O5S/c21-20(22)18(11-13-7-9-25-10-8-13)15-3-6-19(17(12-15)14-1-2-14)26(23,24)16-4-5-16/h3,6,12-14,16,18H,1-2,4-5,7-11H2,(H,21,22)/t18-/m1/s1. The van der Waals surface area contributed by atoms with Crippen LogP contribution < -0.4 is 0 Å². The molecule has 0 unspecified atom stereocenters. The number of benzene rings is 1. The molecule has 1 saturated heterocycles. The number of sulfone groups is 1. The predicted octanol–water partition coefficient (Wildman–Crippen LogP) is 3.49. The lowest BCUT2D eigenvalue weighted by Gasteiger charge is -2.25. The molecule has 4 rings (SSSR count). The molecule has 2 saturated carbocycles. The zero-order valence-corrected chi connectivity index (χ0v) is 15.7. The monoisotopic (exact) mass is 378 g/mol. The summed E-state index contributed by atoms with van der Waals surface area (Å²) >= 11 is 0. The fraction of sp³-hybridized carbons (Fsp3) is 0.650. The van der Waals surface area contributed by atoms with Crippen molar-refractivity contribution in [2.75, 3.05) is 13.2 Å². The van der Waals surface area contributed by atoms with E-state index in [0.29, 0.717) is 30.4 Å². The Morgan fingerprint density at radius 3 is 2.38 bits per heavy atom. The average molecular weight is 378 g/mol. The highest BCUT2D eigenvalue weighted by molar-refractivity contribution is 7.92. The topological polar surface area (TPSA) is 80.7 Å². The molecular formula is C20H26O5S. The molecule has 1 N–H and O–H groups in total. The minimum absolute atomic E-state index is 0.233. The van der Waals surface area contributed by atoms with Crippen molar-refractivity contribution in [1.29, 1.82) is 0 Å². The number of hydrogen-bond acceptors (Lipinski definition) is 4. The lowest BCUT2D eigenvalue weighted by molar-refractivity contribution is -0.139. The third-order valence-corrected chi connectivity index (χ3v) is 8.27. The van der Waals surface area contributed by atoms with E-state index in [1.807, 2.05) is 6.07 Å². The van der Waals surface area contributed by atoms with Crippen LogP contribution in [0.2, 0.25) is 0 Å². The van der Waals surface area contributed by atoms with E-state index in [2.05, 4.69) is 0 Å². The minimum atomic E-state index is -3.26. The van der Waals surface area contributed by atoms with Crippen molar-refractivity contribution in [2.24, 2.45) is 5.92 Å².